The molecule has 0 aromatic carbocycles. The van der Waals surface area contributed by atoms with Crippen LogP contribution in [0.2, 0.25) is 0 Å². The highest BCUT2D eigenvalue weighted by atomic mass is 16.5. The number of hydrogen-bond acceptors (Lipinski definition) is 6. The lowest BCUT2D eigenvalue weighted by Gasteiger charge is -2.13. The molecule has 308 valence electrons. The van der Waals surface area contributed by atoms with Crippen LogP contribution in [0.1, 0.15) is 227 Å². The van der Waals surface area contributed by atoms with Gasteiger partial charge in [-0.05, 0) is 90.9 Å². The van der Waals surface area contributed by atoms with E-state index in [1.807, 2.05) is 13.8 Å². The minimum atomic E-state index is -0.577. The Balaban J connectivity index is 0.000000360. The van der Waals surface area contributed by atoms with Crippen LogP contribution in [0.4, 0.5) is 0 Å². The molecular formula is C45H81NO7. The molecule has 0 saturated heterocycles. The molecule has 4 aliphatic rings. The first-order valence-corrected chi connectivity index (χ1v) is 22.0. The molecule has 0 aliphatic heterocycles. The van der Waals surface area contributed by atoms with E-state index >= 15 is 0 Å². The van der Waals surface area contributed by atoms with Crippen LogP contribution in [0.5, 0.6) is 0 Å². The summed E-state index contributed by atoms with van der Waals surface area (Å²) in [4.78, 5) is 46.2. The molecule has 0 bridgehead atoms. The van der Waals surface area contributed by atoms with Gasteiger partial charge in [-0.25, -0.2) is 0 Å². The van der Waals surface area contributed by atoms with Crippen LogP contribution in [-0.2, 0) is 28.7 Å². The van der Waals surface area contributed by atoms with Gasteiger partial charge in [0.2, 0.25) is 5.91 Å². The molecule has 1 amide bonds. The molecule has 0 radical (unpaired) electrons. The van der Waals surface area contributed by atoms with Crippen molar-refractivity contribution in [1.29, 1.82) is 0 Å². The van der Waals surface area contributed by atoms with E-state index in [1.54, 1.807) is 0 Å². The van der Waals surface area contributed by atoms with Crippen molar-refractivity contribution in [2.75, 3.05) is 13.2 Å². The van der Waals surface area contributed by atoms with Gasteiger partial charge in [0.1, 0.15) is 0 Å². The summed E-state index contributed by atoms with van der Waals surface area (Å²) in [6.07, 6.45) is 36.9. The highest BCUT2D eigenvalue weighted by molar-refractivity contribution is 5.83. The molecule has 0 heterocycles. The van der Waals surface area contributed by atoms with Crippen molar-refractivity contribution >= 4 is 23.8 Å². The lowest BCUT2D eigenvalue weighted by Crippen LogP contribution is -2.24. The second-order valence-corrected chi connectivity index (χ2v) is 17.3. The van der Waals surface area contributed by atoms with Crippen LogP contribution in [0, 0.1) is 21.7 Å². The molecule has 0 spiro atoms. The smallest absolute Gasteiger partial charge is 0.312 e. The summed E-state index contributed by atoms with van der Waals surface area (Å²) < 4.78 is 10.4. The van der Waals surface area contributed by atoms with Crippen molar-refractivity contribution in [1.82, 2.24) is 0 Å². The summed E-state index contributed by atoms with van der Waals surface area (Å²) in [6, 6.07) is 0. The first kappa shape index (κ1) is 47.0. The van der Waals surface area contributed by atoms with Crippen LogP contribution in [0.15, 0.2) is 0 Å². The summed E-state index contributed by atoms with van der Waals surface area (Å²) in [6.45, 7) is 4.78. The monoisotopic (exact) mass is 748 g/mol. The number of carbonyl (C=O) groups is 4. The molecule has 0 unspecified atom stereocenters. The van der Waals surface area contributed by atoms with Gasteiger partial charge in [0, 0.05) is 5.41 Å². The Morgan fingerprint density at radius 2 is 0.660 bits per heavy atom. The summed E-state index contributed by atoms with van der Waals surface area (Å²) in [5.41, 5.74) is 4.83. The van der Waals surface area contributed by atoms with E-state index in [0.717, 1.165) is 96.3 Å². The van der Waals surface area contributed by atoms with E-state index in [4.69, 9.17) is 20.3 Å². The zero-order chi connectivity index (χ0) is 37.8. The fourth-order valence-corrected chi connectivity index (χ4v) is 8.16. The lowest BCUT2D eigenvalue weighted by atomic mass is 9.96. The maximum absolute atomic E-state index is 11.9. The van der Waals surface area contributed by atoms with Gasteiger partial charge in [-0.15, -0.1) is 0 Å². The van der Waals surface area contributed by atoms with Crippen molar-refractivity contribution in [2.45, 2.75) is 227 Å². The minimum absolute atomic E-state index is 0. The van der Waals surface area contributed by atoms with Gasteiger partial charge in [-0.3, -0.25) is 19.2 Å². The van der Waals surface area contributed by atoms with E-state index in [-0.39, 0.29) is 46.9 Å². The Kier molecular flexibility index (Phi) is 21.7. The average Bonchev–Trinajstić information content (AvgIpc) is 3.94. The second-order valence-electron chi connectivity index (χ2n) is 17.3. The average molecular weight is 748 g/mol. The molecule has 3 N–H and O–H groups in total. The van der Waals surface area contributed by atoms with Crippen molar-refractivity contribution in [3.8, 4) is 0 Å². The maximum atomic E-state index is 11.9. The summed E-state index contributed by atoms with van der Waals surface area (Å²) in [5, 5.41) is 9.14. The lowest BCUT2D eigenvalue weighted by molar-refractivity contribution is -0.150. The van der Waals surface area contributed by atoms with E-state index in [0.29, 0.717) is 13.2 Å². The molecule has 8 nitrogen and oxygen atoms in total. The zero-order valence-corrected chi connectivity index (χ0v) is 33.5. The predicted octanol–water partition coefficient (Wildman–Crippen LogP) is 11.8. The van der Waals surface area contributed by atoms with Gasteiger partial charge >= 0.3 is 17.9 Å². The van der Waals surface area contributed by atoms with Gasteiger partial charge in [0.15, 0.2) is 0 Å². The molecular weight excluding hydrogens is 666 g/mol. The number of carboxylic acids is 1. The molecule has 0 aromatic rings. The largest absolute Gasteiger partial charge is 0.481 e. The number of primary amides is 1. The number of carbonyl (C=O) groups excluding carboxylic acids is 3. The first-order chi connectivity index (χ1) is 25.1. The zero-order valence-electron chi connectivity index (χ0n) is 33.5. The number of aliphatic carboxylic acids is 1. The number of unbranched alkanes of at least 4 members (excludes halogenated alkanes) is 18. The highest BCUT2D eigenvalue weighted by Gasteiger charge is 2.51. The van der Waals surface area contributed by atoms with E-state index in [9.17, 15) is 19.2 Å². The quantitative estimate of drug-likeness (QED) is 0.0517. The Labute approximate surface area is 324 Å². The summed E-state index contributed by atoms with van der Waals surface area (Å²) >= 11 is 0. The maximum Gasteiger partial charge on any atom is 0.312 e. The van der Waals surface area contributed by atoms with Gasteiger partial charge in [-0.1, -0.05) is 136 Å². The number of nitrogens with two attached hydrogens (primary N) is 1. The van der Waals surface area contributed by atoms with E-state index in [1.165, 1.54) is 109 Å². The van der Waals surface area contributed by atoms with Gasteiger partial charge in [0.05, 0.1) is 29.5 Å². The normalized spacial score (nSPS) is 18.8. The number of amides is 1. The third-order valence-corrected chi connectivity index (χ3v) is 12.9. The molecule has 8 heteroatoms. The first-order valence-electron chi connectivity index (χ1n) is 22.0. The van der Waals surface area contributed by atoms with E-state index in [2.05, 4.69) is 0 Å². The topological polar surface area (TPSA) is 133 Å². The van der Waals surface area contributed by atoms with Crippen molar-refractivity contribution < 1.29 is 33.8 Å². The summed E-state index contributed by atoms with van der Waals surface area (Å²) in [5.74, 6) is -0.570. The van der Waals surface area contributed by atoms with Crippen molar-refractivity contribution in [2.24, 2.45) is 27.4 Å². The molecule has 0 atom stereocenters. The number of ether oxygens (including phenoxy) is 2. The number of hydrogen-bond donors (Lipinski definition) is 2. The van der Waals surface area contributed by atoms with Crippen molar-refractivity contribution in [3.05, 3.63) is 0 Å². The van der Waals surface area contributed by atoms with Crippen LogP contribution in [0.25, 0.3) is 0 Å². The molecule has 4 aliphatic carbocycles. The van der Waals surface area contributed by atoms with Crippen LogP contribution in [-0.4, -0.2) is 42.1 Å². The fraction of sp³-hybridized carbons (Fsp3) is 0.911. The van der Waals surface area contributed by atoms with Gasteiger partial charge in [0.25, 0.3) is 0 Å². The molecule has 53 heavy (non-hydrogen) atoms. The fourth-order valence-electron chi connectivity index (χ4n) is 8.16. The van der Waals surface area contributed by atoms with Crippen LogP contribution < -0.4 is 5.73 Å². The van der Waals surface area contributed by atoms with Crippen LogP contribution in [0.3, 0.4) is 0 Å². The Morgan fingerprint density at radius 3 is 0.868 bits per heavy atom. The molecule has 4 rings (SSSR count). The van der Waals surface area contributed by atoms with Gasteiger partial charge in [-0.2, -0.15) is 0 Å². The Hall–Kier alpha value is -2.12. The SMILES string of the molecule is C.CCOC(=O)C1(CCCCCCCCCCCCC2(C(=O)O)CC2)CC1.CCOC(=O)C1(CCCCCCCCCCCCC2(C(N)=O)CC2)CC1. The standard InChI is InChI=1S/C22H39NO3.C22H38O4.CH4/c2*1-2-26-20(25)22(17-18-22)14-12-10-8-6-4-3-5-7-9-11-13-21(15-16-21)19(23)24;/h2-18H2,1H3,(H2,23,24);2-18H2,1H3,(H,23,24);1H4. The minimum Gasteiger partial charge on any atom is -0.481 e. The van der Waals surface area contributed by atoms with Crippen LogP contribution >= 0.6 is 0 Å². The molecule has 4 fully saturated rings. The molecule has 0 aromatic heterocycles. The second kappa shape index (κ2) is 24.4. The highest BCUT2D eigenvalue weighted by Crippen LogP contribution is 2.52. The Bertz CT molecular complexity index is 987. The van der Waals surface area contributed by atoms with E-state index < -0.39 is 5.97 Å². The third-order valence-electron chi connectivity index (χ3n) is 12.9. The molecule has 4 saturated carbocycles. The Morgan fingerprint density at radius 1 is 0.434 bits per heavy atom. The summed E-state index contributed by atoms with van der Waals surface area (Å²) in [7, 11) is 0. The van der Waals surface area contributed by atoms with Crippen molar-refractivity contribution in [3.63, 3.8) is 0 Å². The third kappa shape index (κ3) is 17.1. The number of rotatable bonds is 32. The predicted molar refractivity (Wildman–Crippen MR) is 214 cm³/mol. The number of esters is 2. The van der Waals surface area contributed by atoms with Gasteiger partial charge < -0.3 is 20.3 Å². The number of carboxylic acid groups (broad SMARTS) is 1.